The Balaban J connectivity index is 1.47. The summed E-state index contributed by atoms with van der Waals surface area (Å²) in [7, 11) is 1.63. The van der Waals surface area contributed by atoms with Gasteiger partial charge in [0.25, 0.3) is 0 Å². The van der Waals surface area contributed by atoms with Gasteiger partial charge in [-0.2, -0.15) is 15.5 Å². The average molecular weight is 463 g/mol. The zero-order valence-corrected chi connectivity index (χ0v) is 19.8. The summed E-state index contributed by atoms with van der Waals surface area (Å²) in [6.45, 7) is 6.78. The summed E-state index contributed by atoms with van der Waals surface area (Å²) in [5, 5.41) is 22.1. The highest BCUT2D eigenvalue weighted by molar-refractivity contribution is 7.15. The van der Waals surface area contributed by atoms with E-state index in [1.54, 1.807) is 23.0 Å². The van der Waals surface area contributed by atoms with Crippen LogP contribution in [0.5, 0.6) is 5.75 Å². The highest BCUT2D eigenvalue weighted by Crippen LogP contribution is 2.40. The number of likely N-dealkylation sites (tertiary alicyclic amines) is 1. The minimum Gasteiger partial charge on any atom is -0.493 e. The molecule has 5 rings (SSSR count). The first-order chi connectivity index (χ1) is 16.1. The van der Waals surface area contributed by atoms with E-state index in [0.717, 1.165) is 53.5 Å². The van der Waals surface area contributed by atoms with Crippen molar-refractivity contribution in [2.75, 3.05) is 26.7 Å². The lowest BCUT2D eigenvalue weighted by Gasteiger charge is -2.29. The predicted octanol–water partition coefficient (Wildman–Crippen LogP) is 4.08. The number of fused-ring (bicyclic) bond motifs is 1. The molecule has 170 valence electrons. The number of nitrogens with one attached hydrogen (secondary N) is 1. The number of ether oxygens (including phenoxy) is 1. The molecule has 0 saturated carbocycles. The third-order valence-corrected chi connectivity index (χ3v) is 7.42. The number of rotatable bonds is 6. The Hall–Kier alpha value is -3.29. The van der Waals surface area contributed by atoms with Crippen LogP contribution in [0.3, 0.4) is 0 Å². The molecular formula is C23H26N8OS. The fraction of sp³-hybridized carbons (Fsp3) is 0.435. The Kier molecular flexibility index (Phi) is 5.83. The fourth-order valence-corrected chi connectivity index (χ4v) is 5.63. The molecule has 33 heavy (non-hydrogen) atoms. The van der Waals surface area contributed by atoms with Crippen molar-refractivity contribution in [2.24, 2.45) is 0 Å². The van der Waals surface area contributed by atoms with Crippen LogP contribution in [0, 0.1) is 11.3 Å². The van der Waals surface area contributed by atoms with Gasteiger partial charge in [0, 0.05) is 28.4 Å². The van der Waals surface area contributed by atoms with E-state index >= 15 is 0 Å². The molecule has 0 aliphatic carbocycles. The van der Waals surface area contributed by atoms with Crippen LogP contribution >= 0.6 is 11.3 Å². The van der Waals surface area contributed by atoms with Gasteiger partial charge < -0.3 is 4.74 Å². The Morgan fingerprint density at radius 1 is 1.30 bits per heavy atom. The molecule has 1 N–H and O–H groups in total. The van der Waals surface area contributed by atoms with Crippen LogP contribution < -0.4 is 4.74 Å². The van der Waals surface area contributed by atoms with E-state index in [1.165, 1.54) is 11.2 Å². The molecule has 0 unspecified atom stereocenters. The van der Waals surface area contributed by atoms with Gasteiger partial charge in [0.1, 0.15) is 11.3 Å². The maximum atomic E-state index is 8.93. The number of H-pyrrole nitrogens is 1. The van der Waals surface area contributed by atoms with Gasteiger partial charge in [0.05, 0.1) is 31.1 Å². The molecule has 1 aliphatic rings. The average Bonchev–Trinajstić information content (AvgIpc) is 3.57. The normalized spacial score (nSPS) is 15.4. The lowest BCUT2D eigenvalue weighted by atomic mass is 9.96. The molecule has 1 fully saturated rings. The van der Waals surface area contributed by atoms with E-state index in [2.05, 4.69) is 40.0 Å². The van der Waals surface area contributed by atoms with Crippen LogP contribution in [0.25, 0.3) is 27.6 Å². The van der Waals surface area contributed by atoms with Crippen LogP contribution in [0.2, 0.25) is 0 Å². The molecule has 10 heteroatoms. The molecule has 0 aromatic carbocycles. The van der Waals surface area contributed by atoms with Crippen LogP contribution in [-0.2, 0) is 0 Å². The smallest absolute Gasteiger partial charge is 0.197 e. The van der Waals surface area contributed by atoms with Gasteiger partial charge in [-0.25, -0.2) is 14.5 Å². The SMILES string of the molecule is COc1cc(-c2n[nH]c(-c3ncc(C4CCN(CC#N)CC4)s3)c2C(C)C)cn2ncnc12. The van der Waals surface area contributed by atoms with Gasteiger partial charge in [-0.1, -0.05) is 13.8 Å². The van der Waals surface area contributed by atoms with Gasteiger partial charge in [0.15, 0.2) is 11.4 Å². The fourth-order valence-electron chi connectivity index (χ4n) is 4.54. The minimum atomic E-state index is 0.243. The Bertz CT molecular complexity index is 1310. The van der Waals surface area contributed by atoms with Crippen LogP contribution in [0.15, 0.2) is 24.8 Å². The summed E-state index contributed by atoms with van der Waals surface area (Å²) in [6.07, 6.45) is 7.58. The number of aromatic nitrogens is 6. The number of piperidine rings is 1. The summed E-state index contributed by atoms with van der Waals surface area (Å²) >= 11 is 1.74. The largest absolute Gasteiger partial charge is 0.493 e. The number of hydrogen-bond acceptors (Lipinski definition) is 8. The van der Waals surface area contributed by atoms with Gasteiger partial charge in [0.2, 0.25) is 0 Å². The summed E-state index contributed by atoms with van der Waals surface area (Å²) in [5.41, 5.74) is 4.56. The number of aromatic amines is 1. The second-order valence-electron chi connectivity index (χ2n) is 8.62. The molecule has 0 spiro atoms. The highest BCUT2D eigenvalue weighted by atomic mass is 32.1. The molecule has 1 aliphatic heterocycles. The van der Waals surface area contributed by atoms with Crippen molar-refractivity contribution in [2.45, 2.75) is 38.5 Å². The van der Waals surface area contributed by atoms with Crippen LogP contribution in [0.1, 0.15) is 49.0 Å². The Morgan fingerprint density at radius 3 is 2.85 bits per heavy atom. The molecule has 4 aromatic rings. The lowest BCUT2D eigenvalue weighted by Crippen LogP contribution is -2.32. The van der Waals surface area contributed by atoms with Crippen LogP contribution in [-0.4, -0.2) is 61.4 Å². The van der Waals surface area contributed by atoms with Crippen molar-refractivity contribution in [3.05, 3.63) is 35.2 Å². The number of nitrogens with zero attached hydrogens (tertiary/aromatic N) is 7. The first-order valence-corrected chi connectivity index (χ1v) is 11.9. The molecule has 9 nitrogen and oxygen atoms in total. The van der Waals surface area contributed by atoms with Gasteiger partial charge >= 0.3 is 0 Å². The first kappa shape index (κ1) is 21.6. The van der Waals surface area contributed by atoms with Gasteiger partial charge in [-0.15, -0.1) is 11.3 Å². The molecule has 0 amide bonds. The topological polar surface area (TPSA) is 108 Å². The van der Waals surface area contributed by atoms with E-state index in [1.807, 2.05) is 18.5 Å². The van der Waals surface area contributed by atoms with Crippen molar-refractivity contribution in [3.8, 4) is 33.8 Å². The highest BCUT2D eigenvalue weighted by Gasteiger charge is 2.25. The standard InChI is InChI=1S/C23H26N8OS/c1-14(2)19-20(16-10-17(32-3)22-26-13-27-31(22)12-16)28-29-21(19)23-25-11-18(33-23)15-4-7-30(8-5-15)9-6-24/h10-15H,4-5,7-9H2,1-3H3,(H,28,29). The molecule has 4 aromatic heterocycles. The quantitative estimate of drug-likeness (QED) is 0.430. The number of pyridine rings is 1. The molecular weight excluding hydrogens is 436 g/mol. The number of nitriles is 1. The Labute approximate surface area is 196 Å². The van der Waals surface area contributed by atoms with Crippen molar-refractivity contribution in [1.29, 1.82) is 5.26 Å². The number of methoxy groups -OCH3 is 1. The number of hydrogen-bond donors (Lipinski definition) is 1. The molecule has 5 heterocycles. The van der Waals surface area contributed by atoms with E-state index in [0.29, 0.717) is 23.9 Å². The summed E-state index contributed by atoms with van der Waals surface area (Å²) in [4.78, 5) is 12.6. The zero-order valence-electron chi connectivity index (χ0n) is 18.9. The van der Waals surface area contributed by atoms with Gasteiger partial charge in [-0.3, -0.25) is 10.00 Å². The molecule has 0 atom stereocenters. The third-order valence-electron chi connectivity index (χ3n) is 6.24. The van der Waals surface area contributed by atoms with E-state index in [-0.39, 0.29) is 5.92 Å². The molecule has 0 radical (unpaired) electrons. The van der Waals surface area contributed by atoms with Crippen molar-refractivity contribution in [1.82, 2.24) is 34.7 Å². The molecule has 1 saturated heterocycles. The predicted molar refractivity (Wildman–Crippen MR) is 126 cm³/mol. The van der Waals surface area contributed by atoms with E-state index in [9.17, 15) is 0 Å². The zero-order chi connectivity index (χ0) is 22.9. The van der Waals surface area contributed by atoms with E-state index in [4.69, 9.17) is 20.1 Å². The minimum absolute atomic E-state index is 0.243. The van der Waals surface area contributed by atoms with Gasteiger partial charge in [-0.05, 0) is 43.8 Å². The summed E-state index contributed by atoms with van der Waals surface area (Å²) < 4.78 is 7.26. The Morgan fingerprint density at radius 2 is 2.12 bits per heavy atom. The summed E-state index contributed by atoms with van der Waals surface area (Å²) in [5.74, 6) is 1.39. The monoisotopic (exact) mass is 462 g/mol. The third kappa shape index (κ3) is 3.98. The van der Waals surface area contributed by atoms with Crippen molar-refractivity contribution >= 4 is 17.0 Å². The second-order valence-corrected chi connectivity index (χ2v) is 9.68. The lowest BCUT2D eigenvalue weighted by molar-refractivity contribution is 0.236. The van der Waals surface area contributed by atoms with Crippen molar-refractivity contribution < 1.29 is 4.74 Å². The first-order valence-electron chi connectivity index (χ1n) is 11.1. The summed E-state index contributed by atoms with van der Waals surface area (Å²) in [6, 6.07) is 4.21. The molecule has 0 bridgehead atoms. The number of thiazole rings is 1. The van der Waals surface area contributed by atoms with E-state index < -0.39 is 0 Å². The maximum Gasteiger partial charge on any atom is 0.197 e. The van der Waals surface area contributed by atoms with Crippen molar-refractivity contribution in [3.63, 3.8) is 0 Å². The second kappa shape index (κ2) is 8.92. The maximum absolute atomic E-state index is 8.93. The van der Waals surface area contributed by atoms with Crippen LogP contribution in [0.4, 0.5) is 0 Å².